The third-order valence-corrected chi connectivity index (χ3v) is 5.46. The molecule has 0 saturated carbocycles. The number of aryl methyl sites for hydroxylation is 1. The van der Waals surface area contributed by atoms with Gasteiger partial charge in [0.15, 0.2) is 0 Å². The van der Waals surface area contributed by atoms with Gasteiger partial charge in [-0.2, -0.15) is 10.5 Å². The van der Waals surface area contributed by atoms with Crippen LogP contribution in [-0.4, -0.2) is 27.5 Å². The van der Waals surface area contributed by atoms with E-state index in [9.17, 15) is 10.5 Å². The molecule has 2 aliphatic rings. The van der Waals surface area contributed by atoms with Gasteiger partial charge in [-0.3, -0.25) is 4.90 Å². The van der Waals surface area contributed by atoms with Crippen LogP contribution >= 0.6 is 0 Å². The van der Waals surface area contributed by atoms with Gasteiger partial charge in [-0.05, 0) is 26.0 Å². The molecular formula is C18H18N6. The van der Waals surface area contributed by atoms with Crippen molar-refractivity contribution >= 4 is 5.82 Å². The molecule has 2 aromatic heterocycles. The fourth-order valence-electron chi connectivity index (χ4n) is 4.24. The highest BCUT2D eigenvalue weighted by Gasteiger charge is 2.41. The lowest BCUT2D eigenvalue weighted by molar-refractivity contribution is 0.222. The maximum Gasteiger partial charge on any atom is 0.142 e. The predicted molar refractivity (Wildman–Crippen MR) is 89.7 cm³/mol. The summed E-state index contributed by atoms with van der Waals surface area (Å²) in [6.45, 7) is 0. The van der Waals surface area contributed by atoms with Crippen molar-refractivity contribution in [3.8, 4) is 23.3 Å². The Morgan fingerprint density at radius 2 is 2.04 bits per heavy atom. The highest BCUT2D eigenvalue weighted by Crippen LogP contribution is 2.47. The molecule has 2 aliphatic heterocycles. The number of aromatic nitrogens is 2. The van der Waals surface area contributed by atoms with Crippen LogP contribution in [0.5, 0.6) is 0 Å². The molecule has 0 spiro atoms. The van der Waals surface area contributed by atoms with Gasteiger partial charge in [0.2, 0.25) is 0 Å². The molecule has 2 N–H and O–H groups in total. The van der Waals surface area contributed by atoms with Crippen LogP contribution in [0.1, 0.15) is 41.4 Å². The molecule has 0 aliphatic carbocycles. The van der Waals surface area contributed by atoms with Gasteiger partial charge < -0.3 is 10.3 Å². The van der Waals surface area contributed by atoms with E-state index in [1.807, 2.05) is 19.3 Å². The van der Waals surface area contributed by atoms with Gasteiger partial charge in [-0.15, -0.1) is 0 Å². The summed E-state index contributed by atoms with van der Waals surface area (Å²) < 4.78 is 1.78. The summed E-state index contributed by atoms with van der Waals surface area (Å²) >= 11 is 0. The summed E-state index contributed by atoms with van der Waals surface area (Å²) in [6, 6.07) is 7.01. The lowest BCUT2D eigenvalue weighted by Gasteiger charge is -2.34. The van der Waals surface area contributed by atoms with Gasteiger partial charge in [-0.25, -0.2) is 4.98 Å². The van der Waals surface area contributed by atoms with E-state index in [1.165, 1.54) is 0 Å². The van der Waals surface area contributed by atoms with Crippen molar-refractivity contribution in [2.75, 3.05) is 12.8 Å². The first-order valence-electron chi connectivity index (χ1n) is 8.06. The monoisotopic (exact) mass is 318 g/mol. The topological polar surface area (TPSA) is 94.7 Å². The first-order valence-corrected chi connectivity index (χ1v) is 8.06. The molecule has 1 saturated heterocycles. The Kier molecular flexibility index (Phi) is 3.13. The van der Waals surface area contributed by atoms with Crippen LogP contribution < -0.4 is 5.73 Å². The fourth-order valence-corrected chi connectivity index (χ4v) is 4.24. The summed E-state index contributed by atoms with van der Waals surface area (Å²) in [6.07, 6.45) is 4.96. The number of anilines is 1. The molecule has 4 heterocycles. The number of rotatable bonds is 1. The van der Waals surface area contributed by atoms with E-state index in [1.54, 1.807) is 4.57 Å². The standard InChI is InChI=1S/C18H18N6/c1-23-9-10(5-12(23)7-19)16-13(8-20)18(21)22-14-6-11-3-4-15(17(14)16)24(11)2/h5,9,11,15H,3-4,6H2,1-2H3,(H2,21,22)/t11-,15+/m0/s1. The number of nitrogens with zero attached hydrogens (tertiary/aromatic N) is 5. The third kappa shape index (κ3) is 1.87. The van der Waals surface area contributed by atoms with Crippen molar-refractivity contribution in [1.29, 1.82) is 10.5 Å². The summed E-state index contributed by atoms with van der Waals surface area (Å²) in [7, 11) is 3.98. The minimum Gasteiger partial charge on any atom is -0.383 e. The van der Waals surface area contributed by atoms with Gasteiger partial charge in [0.1, 0.15) is 29.2 Å². The predicted octanol–water partition coefficient (Wildman–Crippen LogP) is 2.10. The quantitative estimate of drug-likeness (QED) is 0.869. The van der Waals surface area contributed by atoms with Crippen molar-refractivity contribution in [2.24, 2.45) is 7.05 Å². The van der Waals surface area contributed by atoms with Crippen molar-refractivity contribution in [2.45, 2.75) is 31.3 Å². The second-order valence-electron chi connectivity index (χ2n) is 6.67. The second kappa shape index (κ2) is 5.09. The molecule has 4 rings (SSSR count). The van der Waals surface area contributed by atoms with Gasteiger partial charge in [-0.1, -0.05) is 0 Å². The Morgan fingerprint density at radius 1 is 1.25 bits per heavy atom. The van der Waals surface area contributed by atoms with Crippen LogP contribution in [0, 0.1) is 22.7 Å². The lowest BCUT2D eigenvalue weighted by atomic mass is 9.88. The second-order valence-corrected chi connectivity index (χ2v) is 6.67. The van der Waals surface area contributed by atoms with E-state index in [4.69, 9.17) is 5.73 Å². The molecule has 6 nitrogen and oxygen atoms in total. The van der Waals surface area contributed by atoms with Crippen molar-refractivity contribution in [3.63, 3.8) is 0 Å². The van der Waals surface area contributed by atoms with Gasteiger partial charge in [0, 0.05) is 54.1 Å². The number of hydrogen-bond donors (Lipinski definition) is 1. The number of nitrogen functional groups attached to an aromatic ring is 1. The Hall–Kier alpha value is -2.83. The average Bonchev–Trinajstić information content (AvgIpc) is 3.03. The highest BCUT2D eigenvalue weighted by molar-refractivity contribution is 5.80. The van der Waals surface area contributed by atoms with E-state index in [2.05, 4.69) is 29.1 Å². The maximum absolute atomic E-state index is 9.68. The smallest absolute Gasteiger partial charge is 0.142 e. The lowest BCUT2D eigenvalue weighted by Crippen LogP contribution is -2.35. The summed E-state index contributed by atoms with van der Waals surface area (Å²) in [5, 5.41) is 18.9. The number of fused-ring (bicyclic) bond motifs is 4. The first-order chi connectivity index (χ1) is 11.5. The van der Waals surface area contributed by atoms with E-state index in [0.717, 1.165) is 41.6 Å². The van der Waals surface area contributed by atoms with Crippen molar-refractivity contribution in [3.05, 3.63) is 34.8 Å². The molecule has 2 aromatic rings. The van der Waals surface area contributed by atoms with Gasteiger partial charge in [0.25, 0.3) is 0 Å². The minimum absolute atomic E-state index is 0.264. The molecule has 0 radical (unpaired) electrons. The van der Waals surface area contributed by atoms with Crippen LogP contribution in [-0.2, 0) is 13.5 Å². The summed E-state index contributed by atoms with van der Waals surface area (Å²) in [5.41, 5.74) is 10.9. The van der Waals surface area contributed by atoms with Crippen LogP contribution in [0.15, 0.2) is 12.3 Å². The number of nitriles is 2. The highest BCUT2D eigenvalue weighted by atomic mass is 15.2. The molecular weight excluding hydrogens is 300 g/mol. The Balaban J connectivity index is 2.04. The van der Waals surface area contributed by atoms with E-state index >= 15 is 0 Å². The molecule has 2 bridgehead atoms. The third-order valence-electron chi connectivity index (χ3n) is 5.46. The molecule has 2 atom stereocenters. The zero-order chi connectivity index (χ0) is 17.0. The summed E-state index contributed by atoms with van der Waals surface area (Å²) in [4.78, 5) is 6.94. The van der Waals surface area contributed by atoms with Crippen LogP contribution in [0.4, 0.5) is 5.82 Å². The average molecular weight is 318 g/mol. The SMILES string of the molecule is CN1[C@H]2CC[C@@H]1c1c(nc(N)c(C#N)c1-c1cc(C#N)n(C)c1)C2. The van der Waals surface area contributed by atoms with Crippen molar-refractivity contribution < 1.29 is 0 Å². The minimum atomic E-state index is 0.264. The Morgan fingerprint density at radius 3 is 2.71 bits per heavy atom. The molecule has 24 heavy (non-hydrogen) atoms. The van der Waals surface area contributed by atoms with Crippen LogP contribution in [0.25, 0.3) is 11.1 Å². The largest absolute Gasteiger partial charge is 0.383 e. The zero-order valence-electron chi connectivity index (χ0n) is 13.7. The number of likely N-dealkylation sites (N-methyl/N-ethyl adjacent to an activating group) is 1. The van der Waals surface area contributed by atoms with Crippen LogP contribution in [0.3, 0.4) is 0 Å². The maximum atomic E-state index is 9.68. The van der Waals surface area contributed by atoms with Gasteiger partial charge >= 0.3 is 0 Å². The molecule has 120 valence electrons. The van der Waals surface area contributed by atoms with E-state index < -0.39 is 0 Å². The fraction of sp³-hybridized carbons (Fsp3) is 0.389. The Labute approximate surface area is 140 Å². The van der Waals surface area contributed by atoms with Gasteiger partial charge in [0.05, 0.1) is 0 Å². The first kappa shape index (κ1) is 14.7. The summed E-state index contributed by atoms with van der Waals surface area (Å²) in [5.74, 6) is 0.289. The molecule has 6 heteroatoms. The normalized spacial score (nSPS) is 22.0. The molecule has 0 unspecified atom stereocenters. The van der Waals surface area contributed by atoms with Crippen LogP contribution in [0.2, 0.25) is 0 Å². The van der Waals surface area contributed by atoms with E-state index in [-0.39, 0.29) is 11.9 Å². The number of hydrogen-bond acceptors (Lipinski definition) is 5. The molecule has 1 fully saturated rings. The Bertz CT molecular complexity index is 926. The number of nitrogens with two attached hydrogens (primary N) is 1. The van der Waals surface area contributed by atoms with Crippen molar-refractivity contribution in [1.82, 2.24) is 14.5 Å². The molecule has 0 aromatic carbocycles. The number of pyridine rings is 1. The molecule has 0 amide bonds. The zero-order valence-corrected chi connectivity index (χ0v) is 13.7. The van der Waals surface area contributed by atoms with E-state index in [0.29, 0.717) is 17.3 Å².